The number of alkyl halides is 2. The van der Waals surface area contributed by atoms with Crippen molar-refractivity contribution in [3.8, 4) is 0 Å². The van der Waals surface area contributed by atoms with Crippen LogP contribution in [0.4, 0.5) is 14.6 Å². The van der Waals surface area contributed by atoms with Crippen molar-refractivity contribution in [2.24, 2.45) is 5.92 Å². The second-order valence-electron chi connectivity index (χ2n) is 9.30. The number of esters is 1. The molecule has 0 saturated carbocycles. The Morgan fingerprint density at radius 3 is 2.45 bits per heavy atom. The van der Waals surface area contributed by atoms with Crippen LogP contribution in [0.15, 0.2) is 17.1 Å². The Balaban J connectivity index is 2.05. The van der Waals surface area contributed by atoms with E-state index in [0.29, 0.717) is 17.4 Å². The summed E-state index contributed by atoms with van der Waals surface area (Å²) < 4.78 is 57.4. The number of halogens is 2. The zero-order valence-electron chi connectivity index (χ0n) is 22.1. The van der Waals surface area contributed by atoms with E-state index in [0.717, 1.165) is 19.0 Å². The normalized spacial score (nSPS) is 21.9. The van der Waals surface area contributed by atoms with Gasteiger partial charge in [0, 0.05) is 12.1 Å². The Morgan fingerprint density at radius 1 is 1.26 bits per heavy atom. The highest BCUT2D eigenvalue weighted by Crippen LogP contribution is 2.42. The molecule has 12 nitrogen and oxygen atoms in total. The van der Waals surface area contributed by atoms with Crippen molar-refractivity contribution in [3.05, 3.63) is 22.7 Å². The molecule has 0 bridgehead atoms. The minimum Gasteiger partial charge on any atom is -0.462 e. The topological polar surface area (TPSA) is 158 Å². The molecule has 0 aromatic carbocycles. The summed E-state index contributed by atoms with van der Waals surface area (Å²) in [4.78, 5) is 40.5. The molecule has 1 fully saturated rings. The lowest BCUT2D eigenvalue weighted by Crippen LogP contribution is -2.42. The summed E-state index contributed by atoms with van der Waals surface area (Å²) in [5, 5.41) is 15.0. The van der Waals surface area contributed by atoms with Gasteiger partial charge < -0.3 is 19.9 Å². The van der Waals surface area contributed by atoms with Crippen LogP contribution >= 0.6 is 8.18 Å². The van der Waals surface area contributed by atoms with E-state index in [9.17, 15) is 32.8 Å². The molecular formula is C23H36F2N4O8P+. The lowest BCUT2D eigenvalue weighted by atomic mass is 9.97. The van der Waals surface area contributed by atoms with Gasteiger partial charge in [-0.25, -0.2) is 4.79 Å². The molecule has 2 rings (SSSR count). The number of nitrogens with zero attached hydrogens (tertiary/aromatic N) is 2. The van der Waals surface area contributed by atoms with Gasteiger partial charge in [0.2, 0.25) is 12.1 Å². The van der Waals surface area contributed by atoms with Gasteiger partial charge in [0.25, 0.3) is 0 Å². The predicted molar refractivity (Wildman–Crippen MR) is 133 cm³/mol. The monoisotopic (exact) mass is 565 g/mol. The fourth-order valence-corrected chi connectivity index (χ4v) is 4.60. The van der Waals surface area contributed by atoms with Gasteiger partial charge in [0.1, 0.15) is 24.6 Å². The van der Waals surface area contributed by atoms with Crippen LogP contribution in [0.25, 0.3) is 0 Å². The number of amides is 1. The minimum absolute atomic E-state index is 0.0941. The molecule has 1 aromatic heterocycles. The molecule has 0 radical (unpaired) electrons. The second kappa shape index (κ2) is 14.1. The number of ether oxygens (including phenoxy) is 2. The second-order valence-corrected chi connectivity index (χ2v) is 10.3. The molecule has 0 spiro atoms. The van der Waals surface area contributed by atoms with Crippen molar-refractivity contribution in [3.63, 3.8) is 0 Å². The Bertz CT molecular complexity index is 1030. The van der Waals surface area contributed by atoms with Crippen molar-refractivity contribution in [1.29, 1.82) is 0 Å². The number of aromatic nitrogens is 2. The van der Waals surface area contributed by atoms with Crippen LogP contribution in [0, 0.1) is 5.92 Å². The molecule has 15 heteroatoms. The average Bonchev–Trinajstić information content (AvgIpc) is 3.05. The van der Waals surface area contributed by atoms with E-state index in [2.05, 4.69) is 15.4 Å². The zero-order valence-corrected chi connectivity index (χ0v) is 23.0. The number of carbonyl (C=O) groups excluding carboxylic acids is 2. The van der Waals surface area contributed by atoms with Gasteiger partial charge in [-0.3, -0.25) is 14.2 Å². The van der Waals surface area contributed by atoms with Gasteiger partial charge in [-0.15, -0.1) is 4.52 Å². The molecule has 1 aliphatic rings. The van der Waals surface area contributed by atoms with Crippen molar-refractivity contribution < 1.29 is 42.0 Å². The Labute approximate surface area is 220 Å². The standard InChI is InChI=1S/C23H35F2N4O8P/c1-6-8-15(9-7-2)19(31)26-17-10-11-29(22(33)27-17)21-23(24,25)18(30)16(37-21)12-35-38(34)28-14(5)20(32)36-13(3)4/h10-11,13-16,18,21,30H,6-9,12H2,1-5H3,(H-,26,27,28,31,33,34)/p+1/t14-,16?,18?,21+/m0/s1. The van der Waals surface area contributed by atoms with Crippen LogP contribution in [0.1, 0.15) is 66.5 Å². The summed E-state index contributed by atoms with van der Waals surface area (Å²) in [6.45, 7) is 7.82. The molecule has 3 N–H and O–H groups in total. The van der Waals surface area contributed by atoms with Gasteiger partial charge in [-0.05, 0) is 44.2 Å². The summed E-state index contributed by atoms with van der Waals surface area (Å²) in [7, 11) is -2.70. The smallest absolute Gasteiger partial charge is 0.462 e. The number of nitrogens with one attached hydrogen (secondary N) is 2. The average molecular weight is 566 g/mol. The molecule has 0 aliphatic carbocycles. The number of carbonyl (C=O) groups is 2. The number of rotatable bonds is 14. The molecule has 3 unspecified atom stereocenters. The van der Waals surface area contributed by atoms with Crippen LogP contribution in [-0.2, 0) is 28.2 Å². The molecular weight excluding hydrogens is 529 g/mol. The molecule has 1 aliphatic heterocycles. The highest BCUT2D eigenvalue weighted by Gasteiger charge is 2.60. The Kier molecular flexibility index (Phi) is 11.8. The maximum absolute atomic E-state index is 14.8. The first-order valence-electron chi connectivity index (χ1n) is 12.5. The first kappa shape index (κ1) is 31.8. The first-order chi connectivity index (χ1) is 17.8. The van der Waals surface area contributed by atoms with E-state index in [1.807, 2.05) is 13.8 Å². The van der Waals surface area contributed by atoms with Crippen LogP contribution in [-0.4, -0.2) is 63.4 Å². The number of anilines is 1. The summed E-state index contributed by atoms with van der Waals surface area (Å²) in [5.41, 5.74) is -1.13. The number of aliphatic hydroxyl groups excluding tert-OH is 1. The molecule has 1 saturated heterocycles. The predicted octanol–water partition coefficient (Wildman–Crippen LogP) is 2.90. The fourth-order valence-electron chi connectivity index (χ4n) is 3.82. The van der Waals surface area contributed by atoms with Crippen LogP contribution in [0.3, 0.4) is 0 Å². The minimum atomic E-state index is -3.93. The SMILES string of the molecule is CCCC(CCC)C(=O)Nc1ccn([C@@H]2OC(CO[P+](=O)N[C@@H](C)C(=O)OC(C)C)C(O)C2(F)F)c(=O)n1. The lowest BCUT2D eigenvalue weighted by Gasteiger charge is -2.21. The van der Waals surface area contributed by atoms with Crippen molar-refractivity contribution >= 4 is 25.9 Å². The molecule has 5 atom stereocenters. The third-order valence-corrected chi connectivity index (χ3v) is 6.70. The fraction of sp³-hybridized carbons (Fsp3) is 0.739. The largest absolute Gasteiger partial charge is 0.613 e. The lowest BCUT2D eigenvalue weighted by molar-refractivity contribution is -0.149. The van der Waals surface area contributed by atoms with E-state index in [1.165, 1.54) is 13.0 Å². The molecule has 38 heavy (non-hydrogen) atoms. The highest BCUT2D eigenvalue weighted by molar-refractivity contribution is 7.36. The van der Waals surface area contributed by atoms with Crippen molar-refractivity contribution in [1.82, 2.24) is 14.6 Å². The summed E-state index contributed by atoms with van der Waals surface area (Å²) in [5.74, 6) is -5.29. The molecule has 1 aromatic rings. The van der Waals surface area contributed by atoms with E-state index in [4.69, 9.17) is 14.0 Å². The maximum Gasteiger partial charge on any atom is 0.613 e. The zero-order chi connectivity index (χ0) is 28.6. The third kappa shape index (κ3) is 8.31. The quantitative estimate of drug-likeness (QED) is 0.226. The Hall–Kier alpha value is -2.38. The van der Waals surface area contributed by atoms with Gasteiger partial charge in [0.05, 0.1) is 6.10 Å². The summed E-state index contributed by atoms with van der Waals surface area (Å²) in [6, 6.07) is 0.176. The van der Waals surface area contributed by atoms with Gasteiger partial charge in [-0.1, -0.05) is 31.8 Å². The van der Waals surface area contributed by atoms with Crippen LogP contribution in [0.2, 0.25) is 0 Å². The summed E-state index contributed by atoms with van der Waals surface area (Å²) in [6.07, 6.45) is -2.78. The van der Waals surface area contributed by atoms with E-state index in [1.54, 1.807) is 13.8 Å². The third-order valence-electron chi connectivity index (χ3n) is 5.72. The number of hydrogen-bond donors (Lipinski definition) is 3. The van der Waals surface area contributed by atoms with Crippen LogP contribution < -0.4 is 16.1 Å². The van der Waals surface area contributed by atoms with Gasteiger partial charge in [0.15, 0.2) is 6.10 Å². The van der Waals surface area contributed by atoms with Gasteiger partial charge >= 0.3 is 25.8 Å². The highest BCUT2D eigenvalue weighted by atomic mass is 31.1. The van der Waals surface area contributed by atoms with E-state index < -0.39 is 62.9 Å². The number of hydrogen-bond acceptors (Lipinski definition) is 9. The van der Waals surface area contributed by atoms with Crippen molar-refractivity contribution in [2.45, 2.75) is 96.8 Å². The maximum atomic E-state index is 14.8. The molecule has 1 amide bonds. The number of aliphatic hydroxyl groups is 1. The summed E-state index contributed by atoms with van der Waals surface area (Å²) >= 11 is 0. The first-order valence-corrected chi connectivity index (χ1v) is 13.7. The van der Waals surface area contributed by atoms with Crippen molar-refractivity contribution in [2.75, 3.05) is 11.9 Å². The van der Waals surface area contributed by atoms with Crippen LogP contribution in [0.5, 0.6) is 0 Å². The van der Waals surface area contributed by atoms with Gasteiger partial charge in [-0.2, -0.15) is 13.8 Å². The van der Waals surface area contributed by atoms with E-state index in [-0.39, 0.29) is 17.6 Å². The van der Waals surface area contributed by atoms with E-state index >= 15 is 0 Å². The Morgan fingerprint density at radius 2 is 1.89 bits per heavy atom. The molecule has 2 heterocycles. The molecule has 214 valence electrons.